The summed E-state index contributed by atoms with van der Waals surface area (Å²) in [5, 5.41) is 9.68. The Morgan fingerprint density at radius 1 is 1.06 bits per heavy atom. The minimum atomic E-state index is -4.27. The van der Waals surface area contributed by atoms with Crippen molar-refractivity contribution in [3.63, 3.8) is 0 Å². The lowest BCUT2D eigenvalue weighted by atomic mass is 10.0. The molecule has 34 heavy (non-hydrogen) atoms. The van der Waals surface area contributed by atoms with Crippen molar-refractivity contribution in [3.8, 4) is 0 Å². The highest BCUT2D eigenvalue weighted by atomic mass is 35.5. The number of aryl methyl sites for hydroxylation is 1. The van der Waals surface area contributed by atoms with Gasteiger partial charge < -0.3 is 9.66 Å². The standard InChI is InChI=1S/C22H18Cl2N2O6S2/c23-17-7-3-8-18(24)21(17)26(33(29)30)15-11-10-14-5-4-12-25(19(14)13-15)34(31,32)20-9-2-1-6-16(20)22(27)28/h1-3,6-11,13H,4-5,12H2,(H,27,28)(H,29,30)/p-1. The van der Waals surface area contributed by atoms with E-state index in [4.69, 9.17) is 23.2 Å². The fraction of sp³-hybridized carbons (Fsp3) is 0.136. The quantitative estimate of drug-likeness (QED) is 0.451. The fourth-order valence-electron chi connectivity index (χ4n) is 3.87. The minimum Gasteiger partial charge on any atom is -0.755 e. The van der Waals surface area contributed by atoms with Gasteiger partial charge in [-0.25, -0.2) is 13.2 Å². The van der Waals surface area contributed by atoms with Crippen molar-refractivity contribution < 1.29 is 27.1 Å². The van der Waals surface area contributed by atoms with Crippen molar-refractivity contribution in [1.29, 1.82) is 0 Å². The SMILES string of the molecule is O=C(O)c1ccccc1S(=O)(=O)N1CCCc2ccc(N(c3c(Cl)cccc3Cl)S(=O)[O-])cc21. The number of sulfonamides is 1. The molecule has 1 atom stereocenters. The molecule has 0 amide bonds. The molecule has 1 N–H and O–H groups in total. The number of carbonyl (C=O) groups is 1. The van der Waals surface area contributed by atoms with Crippen LogP contribution in [0, 0.1) is 0 Å². The number of carboxylic acids is 1. The van der Waals surface area contributed by atoms with Crippen molar-refractivity contribution >= 4 is 67.5 Å². The fourth-order valence-corrected chi connectivity index (χ4v) is 6.88. The second-order valence-electron chi connectivity index (χ2n) is 7.38. The van der Waals surface area contributed by atoms with Crippen LogP contribution in [0.15, 0.2) is 65.6 Å². The van der Waals surface area contributed by atoms with Gasteiger partial charge in [-0.1, -0.05) is 47.5 Å². The van der Waals surface area contributed by atoms with Crippen LogP contribution < -0.4 is 8.61 Å². The van der Waals surface area contributed by atoms with Gasteiger partial charge in [0.15, 0.2) is 0 Å². The van der Waals surface area contributed by atoms with Crippen LogP contribution in [0.3, 0.4) is 0 Å². The van der Waals surface area contributed by atoms with Crippen molar-refractivity contribution in [2.45, 2.75) is 17.7 Å². The van der Waals surface area contributed by atoms with E-state index in [-0.39, 0.29) is 44.1 Å². The Balaban J connectivity index is 1.87. The summed E-state index contributed by atoms with van der Waals surface area (Å²) in [6.07, 6.45) is 1.07. The number of anilines is 3. The van der Waals surface area contributed by atoms with E-state index in [0.717, 1.165) is 8.61 Å². The number of carboxylic acid groups (broad SMARTS) is 1. The van der Waals surface area contributed by atoms with Crippen LogP contribution >= 0.6 is 23.2 Å². The maximum atomic E-state index is 13.6. The smallest absolute Gasteiger partial charge is 0.337 e. The molecule has 1 unspecified atom stereocenters. The highest BCUT2D eigenvalue weighted by Gasteiger charge is 2.33. The first-order chi connectivity index (χ1) is 16.1. The highest BCUT2D eigenvalue weighted by Crippen LogP contribution is 2.42. The van der Waals surface area contributed by atoms with E-state index in [1.807, 2.05) is 0 Å². The normalized spacial score (nSPS) is 14.4. The highest BCUT2D eigenvalue weighted by molar-refractivity contribution is 7.93. The number of fused-ring (bicyclic) bond motifs is 1. The van der Waals surface area contributed by atoms with E-state index in [9.17, 15) is 27.1 Å². The van der Waals surface area contributed by atoms with Gasteiger partial charge in [0, 0.05) is 6.54 Å². The number of benzene rings is 3. The number of nitrogens with zero attached hydrogens (tertiary/aromatic N) is 2. The molecule has 12 heteroatoms. The molecule has 3 aromatic rings. The zero-order valence-electron chi connectivity index (χ0n) is 17.4. The molecule has 3 aromatic carbocycles. The van der Waals surface area contributed by atoms with Gasteiger partial charge in [-0.2, -0.15) is 0 Å². The summed E-state index contributed by atoms with van der Waals surface area (Å²) in [5.74, 6) is -1.37. The zero-order chi connectivity index (χ0) is 24.6. The van der Waals surface area contributed by atoms with Gasteiger partial charge in [0.05, 0.1) is 43.9 Å². The molecule has 0 saturated carbocycles. The first kappa shape index (κ1) is 24.5. The van der Waals surface area contributed by atoms with E-state index in [2.05, 4.69) is 0 Å². The van der Waals surface area contributed by atoms with Crippen LogP contribution in [0.25, 0.3) is 0 Å². The lowest BCUT2D eigenvalue weighted by molar-refractivity contribution is 0.0692. The lowest BCUT2D eigenvalue weighted by Crippen LogP contribution is -2.36. The summed E-state index contributed by atoms with van der Waals surface area (Å²) < 4.78 is 53.5. The third-order valence-corrected chi connectivity index (χ3v) is 8.53. The summed E-state index contributed by atoms with van der Waals surface area (Å²) in [5.41, 5.74) is 0.725. The molecular formula is C22H17Cl2N2O6S2-. The Labute approximate surface area is 208 Å². The van der Waals surface area contributed by atoms with Crippen molar-refractivity contribution in [3.05, 3.63) is 81.8 Å². The van der Waals surface area contributed by atoms with Gasteiger partial charge in [0.25, 0.3) is 10.0 Å². The molecule has 0 bridgehead atoms. The van der Waals surface area contributed by atoms with Crippen molar-refractivity contribution in [2.75, 3.05) is 15.2 Å². The lowest BCUT2D eigenvalue weighted by Gasteiger charge is -2.33. The Morgan fingerprint density at radius 2 is 1.74 bits per heavy atom. The number of halogens is 2. The van der Waals surface area contributed by atoms with E-state index in [0.29, 0.717) is 18.4 Å². The Bertz CT molecular complexity index is 1390. The van der Waals surface area contributed by atoms with Gasteiger partial charge in [-0.3, -0.25) is 12.8 Å². The van der Waals surface area contributed by atoms with Gasteiger partial charge in [0.1, 0.15) is 4.90 Å². The molecule has 0 fully saturated rings. The molecule has 0 aliphatic carbocycles. The summed E-state index contributed by atoms with van der Waals surface area (Å²) in [4.78, 5) is 11.3. The predicted molar refractivity (Wildman–Crippen MR) is 130 cm³/mol. The second-order valence-corrected chi connectivity index (χ2v) is 10.8. The summed E-state index contributed by atoms with van der Waals surface area (Å²) in [6, 6.07) is 14.5. The largest absolute Gasteiger partial charge is 0.755 e. The summed E-state index contributed by atoms with van der Waals surface area (Å²) in [7, 11) is -4.27. The molecule has 1 heterocycles. The molecule has 8 nitrogen and oxygen atoms in total. The molecule has 178 valence electrons. The first-order valence-electron chi connectivity index (χ1n) is 9.94. The number of hydrogen-bond donors (Lipinski definition) is 1. The van der Waals surface area contributed by atoms with Crippen LogP contribution in [-0.4, -0.2) is 34.8 Å². The van der Waals surface area contributed by atoms with E-state index in [1.165, 1.54) is 48.5 Å². The monoisotopic (exact) mass is 539 g/mol. The molecular weight excluding hydrogens is 523 g/mol. The molecule has 0 radical (unpaired) electrons. The molecule has 0 saturated heterocycles. The molecule has 1 aliphatic heterocycles. The van der Waals surface area contributed by atoms with Gasteiger partial charge in [-0.15, -0.1) is 0 Å². The second kappa shape index (κ2) is 9.55. The summed E-state index contributed by atoms with van der Waals surface area (Å²) in [6.45, 7) is 0.0973. The molecule has 1 aliphatic rings. The van der Waals surface area contributed by atoms with E-state index >= 15 is 0 Å². The number of rotatable bonds is 6. The zero-order valence-corrected chi connectivity index (χ0v) is 20.5. The average molecular weight is 540 g/mol. The predicted octanol–water partition coefficient (Wildman–Crippen LogP) is 4.77. The Hall–Kier alpha value is -2.63. The Morgan fingerprint density at radius 3 is 2.38 bits per heavy atom. The molecule has 4 rings (SSSR count). The van der Waals surface area contributed by atoms with E-state index < -0.39 is 27.3 Å². The van der Waals surface area contributed by atoms with Crippen LogP contribution in [0.1, 0.15) is 22.3 Å². The van der Waals surface area contributed by atoms with Gasteiger partial charge >= 0.3 is 5.97 Å². The first-order valence-corrected chi connectivity index (χ1v) is 13.2. The van der Waals surface area contributed by atoms with Crippen LogP contribution in [0.4, 0.5) is 17.1 Å². The van der Waals surface area contributed by atoms with Crippen molar-refractivity contribution in [2.24, 2.45) is 0 Å². The average Bonchev–Trinajstić information content (AvgIpc) is 2.80. The summed E-state index contributed by atoms with van der Waals surface area (Å²) >= 11 is 9.62. The third kappa shape index (κ3) is 4.39. The molecule has 0 aromatic heterocycles. The maximum Gasteiger partial charge on any atom is 0.337 e. The van der Waals surface area contributed by atoms with Crippen LogP contribution in [0.2, 0.25) is 10.0 Å². The van der Waals surface area contributed by atoms with Crippen molar-refractivity contribution in [1.82, 2.24) is 0 Å². The van der Waals surface area contributed by atoms with Gasteiger partial charge in [0.2, 0.25) is 0 Å². The van der Waals surface area contributed by atoms with Gasteiger partial charge in [-0.05, 0) is 54.8 Å². The maximum absolute atomic E-state index is 13.6. The minimum absolute atomic E-state index is 0.0283. The Kier molecular flexibility index (Phi) is 6.88. The number of para-hydroxylation sites is 1. The number of hydrogen-bond acceptors (Lipinski definition) is 5. The topological polar surface area (TPSA) is 118 Å². The van der Waals surface area contributed by atoms with Crippen LogP contribution in [-0.2, 0) is 27.7 Å². The van der Waals surface area contributed by atoms with Crippen LogP contribution in [0.5, 0.6) is 0 Å². The molecule has 0 spiro atoms. The van der Waals surface area contributed by atoms with E-state index in [1.54, 1.807) is 12.1 Å². The third-order valence-electron chi connectivity index (χ3n) is 5.35. The number of aromatic carboxylic acids is 1.